The highest BCUT2D eigenvalue weighted by Gasteiger charge is 2.25. The predicted octanol–water partition coefficient (Wildman–Crippen LogP) is -1.64. The first-order chi connectivity index (χ1) is 7.68. The van der Waals surface area contributed by atoms with Gasteiger partial charge in [0, 0.05) is 12.8 Å². The topological polar surface area (TPSA) is 13.7 Å². The Balaban J connectivity index is 0.00000144. The molecular formula is C14H22ClNO. The fourth-order valence-corrected chi connectivity index (χ4v) is 2.51. The van der Waals surface area contributed by atoms with E-state index in [1.807, 2.05) is 0 Å². The van der Waals surface area contributed by atoms with Crippen molar-refractivity contribution in [1.29, 1.82) is 0 Å². The maximum Gasteiger partial charge on any atom is 0.140 e. The molecule has 0 bridgehead atoms. The lowest BCUT2D eigenvalue weighted by Crippen LogP contribution is -3.11. The van der Waals surface area contributed by atoms with E-state index in [1.54, 1.807) is 4.90 Å². The van der Waals surface area contributed by atoms with E-state index in [0.717, 1.165) is 12.4 Å². The molecule has 1 heterocycles. The zero-order valence-electron chi connectivity index (χ0n) is 10.9. The molecule has 1 aliphatic heterocycles. The minimum Gasteiger partial charge on any atom is -1.00 e. The molecule has 0 saturated carbocycles. The van der Waals surface area contributed by atoms with Gasteiger partial charge in [-0.25, -0.2) is 0 Å². The minimum absolute atomic E-state index is 0. The van der Waals surface area contributed by atoms with Gasteiger partial charge >= 0.3 is 0 Å². The highest BCUT2D eigenvalue weighted by atomic mass is 35.5. The van der Waals surface area contributed by atoms with Crippen molar-refractivity contribution in [3.8, 4) is 5.75 Å². The number of para-hydroxylation sites is 1. The van der Waals surface area contributed by atoms with Crippen LogP contribution in [0.2, 0.25) is 0 Å². The molecule has 1 aliphatic rings. The number of rotatable bonds is 3. The Morgan fingerprint density at radius 2 is 1.94 bits per heavy atom. The van der Waals surface area contributed by atoms with E-state index in [4.69, 9.17) is 4.74 Å². The van der Waals surface area contributed by atoms with Gasteiger partial charge in [-0.15, -0.1) is 0 Å². The van der Waals surface area contributed by atoms with Gasteiger partial charge in [0.25, 0.3) is 0 Å². The largest absolute Gasteiger partial charge is 1.00 e. The van der Waals surface area contributed by atoms with Crippen molar-refractivity contribution >= 4 is 0 Å². The van der Waals surface area contributed by atoms with Gasteiger partial charge in [-0.05, 0) is 25.0 Å². The van der Waals surface area contributed by atoms with Crippen LogP contribution >= 0.6 is 0 Å². The summed E-state index contributed by atoms with van der Waals surface area (Å²) < 4.78 is 6.00. The predicted molar refractivity (Wildman–Crippen MR) is 66.2 cm³/mol. The fraction of sp³-hybridized carbons (Fsp3) is 0.571. The Bertz CT molecular complexity index is 347. The molecule has 1 aromatic rings. The second-order valence-electron chi connectivity index (χ2n) is 4.97. The van der Waals surface area contributed by atoms with Crippen LogP contribution in [0.25, 0.3) is 0 Å². The molecule has 1 aromatic carbocycles. The molecule has 17 heavy (non-hydrogen) atoms. The molecule has 1 N–H and O–H groups in total. The molecule has 0 spiro atoms. The Hall–Kier alpha value is -0.730. The number of quaternary nitrogens is 1. The van der Waals surface area contributed by atoms with Crippen LogP contribution in [0.15, 0.2) is 18.2 Å². The van der Waals surface area contributed by atoms with E-state index in [1.165, 1.54) is 30.5 Å². The lowest BCUT2D eigenvalue weighted by Gasteiger charge is -2.18. The van der Waals surface area contributed by atoms with E-state index in [2.05, 4.69) is 39.1 Å². The van der Waals surface area contributed by atoms with Crippen LogP contribution in [0.1, 0.15) is 24.0 Å². The lowest BCUT2D eigenvalue weighted by atomic mass is 10.1. The summed E-state index contributed by atoms with van der Waals surface area (Å²) in [5, 5.41) is 0. The summed E-state index contributed by atoms with van der Waals surface area (Å²) in [6.45, 7) is 6.39. The highest BCUT2D eigenvalue weighted by molar-refractivity contribution is 5.39. The second-order valence-corrected chi connectivity index (χ2v) is 4.97. The number of likely N-dealkylation sites (N-methyl/N-ethyl adjacent to an activating group) is 1. The van der Waals surface area contributed by atoms with Crippen molar-refractivity contribution in [3.63, 3.8) is 0 Å². The standard InChI is InChI=1S/C14H21NO.ClH/c1-11-6-4-7-12(2)14(11)16-10-13-8-5-9-15(13)3;/h4,6-7,13H,5,8-10H2,1-3H3;1H/t13-;/m0./s1. The van der Waals surface area contributed by atoms with Crippen LogP contribution in [0.5, 0.6) is 5.75 Å². The van der Waals surface area contributed by atoms with Crippen LogP contribution in [0, 0.1) is 13.8 Å². The summed E-state index contributed by atoms with van der Waals surface area (Å²) in [6, 6.07) is 7.00. The molecule has 1 unspecified atom stereocenters. The molecule has 1 fully saturated rings. The number of benzene rings is 1. The van der Waals surface area contributed by atoms with Gasteiger partial charge in [-0.3, -0.25) is 0 Å². The molecule has 2 nitrogen and oxygen atoms in total. The molecule has 2 atom stereocenters. The summed E-state index contributed by atoms with van der Waals surface area (Å²) >= 11 is 0. The number of nitrogens with one attached hydrogen (secondary N) is 1. The van der Waals surface area contributed by atoms with Gasteiger partial charge in [0.15, 0.2) is 0 Å². The summed E-state index contributed by atoms with van der Waals surface area (Å²) in [5.74, 6) is 1.09. The van der Waals surface area contributed by atoms with Crippen molar-refractivity contribution in [3.05, 3.63) is 29.3 Å². The molecule has 0 amide bonds. The molecular weight excluding hydrogens is 234 g/mol. The summed E-state index contributed by atoms with van der Waals surface area (Å²) in [7, 11) is 2.27. The second kappa shape index (κ2) is 6.27. The Kier molecular flexibility index (Phi) is 5.29. The van der Waals surface area contributed by atoms with Crippen molar-refractivity contribution in [2.75, 3.05) is 20.2 Å². The zero-order valence-corrected chi connectivity index (χ0v) is 11.7. The van der Waals surface area contributed by atoms with E-state index in [9.17, 15) is 0 Å². The number of aryl methyl sites for hydroxylation is 2. The van der Waals surface area contributed by atoms with E-state index in [-0.39, 0.29) is 12.4 Å². The summed E-state index contributed by atoms with van der Waals surface area (Å²) in [5.41, 5.74) is 2.49. The highest BCUT2D eigenvalue weighted by Crippen LogP contribution is 2.22. The Morgan fingerprint density at radius 3 is 2.47 bits per heavy atom. The third-order valence-electron chi connectivity index (χ3n) is 3.66. The van der Waals surface area contributed by atoms with Gasteiger partial charge in [-0.2, -0.15) is 0 Å². The van der Waals surface area contributed by atoms with Gasteiger partial charge in [0.1, 0.15) is 18.4 Å². The third-order valence-corrected chi connectivity index (χ3v) is 3.66. The summed E-state index contributed by atoms with van der Waals surface area (Å²) in [4.78, 5) is 1.62. The van der Waals surface area contributed by atoms with Crippen LogP contribution < -0.4 is 22.0 Å². The first-order valence-electron chi connectivity index (χ1n) is 6.20. The average molecular weight is 256 g/mol. The number of ether oxygens (including phenoxy) is 1. The van der Waals surface area contributed by atoms with Crippen molar-refractivity contribution < 1.29 is 22.0 Å². The smallest absolute Gasteiger partial charge is 0.140 e. The monoisotopic (exact) mass is 255 g/mol. The first-order valence-corrected chi connectivity index (χ1v) is 6.20. The number of halogens is 1. The van der Waals surface area contributed by atoms with Crippen LogP contribution in [-0.2, 0) is 0 Å². The van der Waals surface area contributed by atoms with Crippen LogP contribution in [0.3, 0.4) is 0 Å². The van der Waals surface area contributed by atoms with Crippen molar-refractivity contribution in [2.45, 2.75) is 32.7 Å². The Labute approximate surface area is 110 Å². The third kappa shape index (κ3) is 3.36. The lowest BCUT2D eigenvalue weighted by molar-refractivity contribution is -0.892. The molecule has 0 radical (unpaired) electrons. The van der Waals surface area contributed by atoms with Crippen LogP contribution in [0.4, 0.5) is 0 Å². The summed E-state index contributed by atoms with van der Waals surface area (Å²) in [6.07, 6.45) is 2.64. The normalized spacial score (nSPS) is 23.2. The van der Waals surface area contributed by atoms with E-state index >= 15 is 0 Å². The van der Waals surface area contributed by atoms with E-state index < -0.39 is 0 Å². The number of hydrogen-bond acceptors (Lipinski definition) is 1. The number of likely N-dealkylation sites (tertiary alicyclic amines) is 1. The van der Waals surface area contributed by atoms with Gasteiger partial charge in [0.2, 0.25) is 0 Å². The molecule has 0 aliphatic carbocycles. The SMILES string of the molecule is Cc1cccc(C)c1OC[C@@H]1CCC[NH+]1C.[Cl-]. The molecule has 2 rings (SSSR count). The maximum atomic E-state index is 6.00. The Morgan fingerprint density at radius 1 is 1.29 bits per heavy atom. The van der Waals surface area contributed by atoms with Crippen molar-refractivity contribution in [2.24, 2.45) is 0 Å². The quantitative estimate of drug-likeness (QED) is 0.685. The number of hydrogen-bond donors (Lipinski definition) is 1. The molecule has 1 saturated heterocycles. The van der Waals surface area contributed by atoms with Crippen LogP contribution in [-0.4, -0.2) is 26.2 Å². The minimum atomic E-state index is 0. The molecule has 3 heteroatoms. The fourth-order valence-electron chi connectivity index (χ4n) is 2.51. The van der Waals surface area contributed by atoms with Gasteiger partial charge in [0.05, 0.1) is 13.6 Å². The zero-order chi connectivity index (χ0) is 11.5. The van der Waals surface area contributed by atoms with Gasteiger partial charge in [-0.1, -0.05) is 18.2 Å². The average Bonchev–Trinajstić information content (AvgIpc) is 2.64. The maximum absolute atomic E-state index is 6.00. The van der Waals surface area contributed by atoms with Gasteiger partial charge < -0.3 is 22.0 Å². The first kappa shape index (κ1) is 14.3. The van der Waals surface area contributed by atoms with Crippen molar-refractivity contribution in [1.82, 2.24) is 0 Å². The van der Waals surface area contributed by atoms with E-state index in [0.29, 0.717) is 6.04 Å². The molecule has 96 valence electrons. The molecule has 0 aromatic heterocycles.